The van der Waals surface area contributed by atoms with Crippen LogP contribution < -0.4 is 10.6 Å². The van der Waals surface area contributed by atoms with Crippen LogP contribution >= 0.6 is 0 Å². The number of hydrogen-bond donors (Lipinski definition) is 3. The molecule has 6 nitrogen and oxygen atoms in total. The Morgan fingerprint density at radius 3 is 3.00 bits per heavy atom. The molecule has 0 atom stereocenters. The van der Waals surface area contributed by atoms with Gasteiger partial charge < -0.3 is 15.6 Å². The molecule has 0 unspecified atom stereocenters. The third-order valence-corrected chi connectivity index (χ3v) is 3.66. The van der Waals surface area contributed by atoms with E-state index in [0.29, 0.717) is 17.6 Å². The molecule has 1 aliphatic rings. The molecule has 1 amide bonds. The molecule has 0 bridgehead atoms. The Bertz CT molecular complexity index is 635. The van der Waals surface area contributed by atoms with Crippen molar-refractivity contribution in [2.24, 2.45) is 0 Å². The predicted octanol–water partition coefficient (Wildman–Crippen LogP) is 0.337. The van der Waals surface area contributed by atoms with Gasteiger partial charge in [-0.15, -0.1) is 0 Å². The highest BCUT2D eigenvalue weighted by Gasteiger charge is 2.15. The average Bonchev–Trinajstić information content (AvgIpc) is 2.95. The second-order valence-corrected chi connectivity index (χ2v) is 5.10. The molecule has 1 saturated heterocycles. The lowest BCUT2D eigenvalue weighted by Crippen LogP contribution is -2.46. The summed E-state index contributed by atoms with van der Waals surface area (Å²) in [7, 11) is 0. The van der Waals surface area contributed by atoms with Crippen molar-refractivity contribution in [3.63, 3.8) is 0 Å². The van der Waals surface area contributed by atoms with Crippen molar-refractivity contribution in [3.8, 4) is 0 Å². The van der Waals surface area contributed by atoms with E-state index in [-0.39, 0.29) is 11.5 Å². The smallest absolute Gasteiger partial charge is 0.253 e. The Balaban J connectivity index is 1.62. The second-order valence-electron chi connectivity index (χ2n) is 5.10. The summed E-state index contributed by atoms with van der Waals surface area (Å²) in [5.74, 6) is -0.735. The van der Waals surface area contributed by atoms with E-state index in [2.05, 4.69) is 25.5 Å². The zero-order chi connectivity index (χ0) is 14.7. The maximum absolute atomic E-state index is 13.5. The molecule has 112 valence electrons. The van der Waals surface area contributed by atoms with Gasteiger partial charge in [0.2, 0.25) is 0 Å². The van der Waals surface area contributed by atoms with E-state index < -0.39 is 5.82 Å². The molecule has 7 heteroatoms. The molecule has 2 aromatic rings. The van der Waals surface area contributed by atoms with Crippen molar-refractivity contribution < 1.29 is 9.18 Å². The van der Waals surface area contributed by atoms with Gasteiger partial charge in [-0.05, 0) is 12.1 Å². The summed E-state index contributed by atoms with van der Waals surface area (Å²) >= 11 is 0. The summed E-state index contributed by atoms with van der Waals surface area (Å²) in [6.07, 6.45) is 1.46. The van der Waals surface area contributed by atoms with Crippen molar-refractivity contribution in [3.05, 3.63) is 29.8 Å². The first-order chi connectivity index (χ1) is 10.2. The van der Waals surface area contributed by atoms with E-state index >= 15 is 0 Å². The largest absolute Gasteiger partial charge is 0.351 e. The summed E-state index contributed by atoms with van der Waals surface area (Å²) in [5.41, 5.74) is 1.30. The Morgan fingerprint density at radius 2 is 2.19 bits per heavy atom. The van der Waals surface area contributed by atoms with Gasteiger partial charge in [-0.25, -0.2) is 9.37 Å². The van der Waals surface area contributed by atoms with E-state index in [1.807, 2.05) is 0 Å². The van der Waals surface area contributed by atoms with Gasteiger partial charge >= 0.3 is 0 Å². The molecule has 1 aliphatic heterocycles. The van der Waals surface area contributed by atoms with Gasteiger partial charge in [-0.2, -0.15) is 0 Å². The number of aromatic nitrogens is 2. The van der Waals surface area contributed by atoms with Gasteiger partial charge in [-0.3, -0.25) is 9.69 Å². The normalized spacial score (nSPS) is 16.2. The van der Waals surface area contributed by atoms with Crippen LogP contribution in [0.5, 0.6) is 0 Å². The van der Waals surface area contributed by atoms with Gasteiger partial charge in [0.15, 0.2) is 0 Å². The van der Waals surface area contributed by atoms with Gasteiger partial charge in [-0.1, -0.05) is 0 Å². The van der Waals surface area contributed by atoms with Gasteiger partial charge in [0.05, 0.1) is 17.4 Å². The molecule has 1 aromatic carbocycles. The van der Waals surface area contributed by atoms with Crippen molar-refractivity contribution in [1.29, 1.82) is 0 Å². The van der Waals surface area contributed by atoms with E-state index in [0.717, 1.165) is 32.7 Å². The van der Waals surface area contributed by atoms with Gasteiger partial charge in [0.25, 0.3) is 5.91 Å². The number of carbonyl (C=O) groups is 1. The number of halogens is 1. The summed E-state index contributed by atoms with van der Waals surface area (Å²) in [4.78, 5) is 21.4. The van der Waals surface area contributed by atoms with Crippen molar-refractivity contribution in [2.45, 2.75) is 0 Å². The maximum Gasteiger partial charge on any atom is 0.253 e. The van der Waals surface area contributed by atoms with Crippen LogP contribution in [0.15, 0.2) is 18.5 Å². The highest BCUT2D eigenvalue weighted by atomic mass is 19.1. The van der Waals surface area contributed by atoms with Crippen LogP contribution in [-0.2, 0) is 0 Å². The molecule has 21 heavy (non-hydrogen) atoms. The molecule has 0 saturated carbocycles. The number of piperazine rings is 1. The molecule has 3 rings (SSSR count). The molecule has 0 aliphatic carbocycles. The van der Waals surface area contributed by atoms with Crippen LogP contribution in [0.2, 0.25) is 0 Å². The van der Waals surface area contributed by atoms with E-state index in [1.165, 1.54) is 18.5 Å². The van der Waals surface area contributed by atoms with Crippen molar-refractivity contribution in [1.82, 2.24) is 25.5 Å². The Labute approximate surface area is 121 Å². The third kappa shape index (κ3) is 3.20. The fourth-order valence-electron chi connectivity index (χ4n) is 2.55. The Kier molecular flexibility index (Phi) is 4.12. The number of benzene rings is 1. The number of nitrogens with one attached hydrogen (secondary N) is 3. The number of nitrogens with zero attached hydrogens (tertiary/aromatic N) is 2. The van der Waals surface area contributed by atoms with Crippen LogP contribution in [0, 0.1) is 5.82 Å². The Morgan fingerprint density at radius 1 is 1.38 bits per heavy atom. The lowest BCUT2D eigenvalue weighted by Gasteiger charge is -2.27. The number of hydrogen-bond acceptors (Lipinski definition) is 4. The first-order valence-corrected chi connectivity index (χ1v) is 7.08. The second kappa shape index (κ2) is 6.19. The zero-order valence-corrected chi connectivity index (χ0v) is 11.7. The topological polar surface area (TPSA) is 73.1 Å². The SMILES string of the molecule is O=C(NCCN1CCNCC1)c1cc(F)cc2[nH]cnc12. The van der Waals surface area contributed by atoms with Crippen LogP contribution in [-0.4, -0.2) is 60.0 Å². The minimum Gasteiger partial charge on any atom is -0.351 e. The Hall–Kier alpha value is -1.99. The van der Waals surface area contributed by atoms with Crippen LogP contribution in [0.25, 0.3) is 11.0 Å². The van der Waals surface area contributed by atoms with E-state index in [9.17, 15) is 9.18 Å². The predicted molar refractivity (Wildman–Crippen MR) is 77.7 cm³/mol. The number of carbonyl (C=O) groups excluding carboxylic acids is 1. The lowest BCUT2D eigenvalue weighted by atomic mass is 10.1. The number of amides is 1. The molecule has 1 aromatic heterocycles. The van der Waals surface area contributed by atoms with E-state index in [4.69, 9.17) is 0 Å². The fourth-order valence-corrected chi connectivity index (χ4v) is 2.55. The maximum atomic E-state index is 13.5. The summed E-state index contributed by atoms with van der Waals surface area (Å²) < 4.78 is 13.5. The molecule has 3 N–H and O–H groups in total. The minimum atomic E-state index is -0.445. The van der Waals surface area contributed by atoms with E-state index in [1.54, 1.807) is 0 Å². The molecular formula is C14H18FN5O. The number of fused-ring (bicyclic) bond motifs is 1. The highest BCUT2D eigenvalue weighted by molar-refractivity contribution is 6.04. The molecule has 0 radical (unpaired) electrons. The van der Waals surface area contributed by atoms with Crippen molar-refractivity contribution >= 4 is 16.9 Å². The highest BCUT2D eigenvalue weighted by Crippen LogP contribution is 2.16. The molecule has 0 spiro atoms. The summed E-state index contributed by atoms with van der Waals surface area (Å²) in [5, 5.41) is 6.11. The summed E-state index contributed by atoms with van der Waals surface area (Å²) in [6.45, 7) is 5.27. The van der Waals surface area contributed by atoms with Crippen LogP contribution in [0.1, 0.15) is 10.4 Å². The fraction of sp³-hybridized carbons (Fsp3) is 0.429. The number of H-pyrrole nitrogens is 1. The standard InChI is InChI=1S/C14H18FN5O/c15-10-7-11(13-12(8-10)18-9-19-13)14(21)17-3-6-20-4-1-16-2-5-20/h7-9,16H,1-6H2,(H,17,21)(H,18,19). The molecule has 2 heterocycles. The first-order valence-electron chi connectivity index (χ1n) is 7.08. The molecular weight excluding hydrogens is 273 g/mol. The van der Waals surface area contributed by atoms with Crippen LogP contribution in [0.3, 0.4) is 0 Å². The van der Waals surface area contributed by atoms with Gasteiger partial charge in [0, 0.05) is 39.3 Å². The monoisotopic (exact) mass is 291 g/mol. The lowest BCUT2D eigenvalue weighted by molar-refractivity contribution is 0.0948. The minimum absolute atomic E-state index is 0.270. The number of imidazole rings is 1. The number of rotatable bonds is 4. The van der Waals surface area contributed by atoms with Crippen molar-refractivity contribution in [2.75, 3.05) is 39.3 Å². The quantitative estimate of drug-likeness (QED) is 0.759. The molecule has 1 fully saturated rings. The number of aromatic amines is 1. The van der Waals surface area contributed by atoms with Crippen LogP contribution in [0.4, 0.5) is 4.39 Å². The average molecular weight is 291 g/mol. The first kappa shape index (κ1) is 14.0. The zero-order valence-electron chi connectivity index (χ0n) is 11.7. The van der Waals surface area contributed by atoms with Gasteiger partial charge in [0.1, 0.15) is 11.3 Å². The summed E-state index contributed by atoms with van der Waals surface area (Å²) in [6, 6.07) is 2.56. The third-order valence-electron chi connectivity index (χ3n) is 3.66.